The SMILES string of the molecule is CCOC[C@H](NC(=O)[C@@H]1CNC[C@H](C(=O)N(c2ccc3c(c2)N(CCCOC)C(=O)C(C)(C)O3)C2CC2)C1)C(C)C. The van der Waals surface area contributed by atoms with Crippen molar-refractivity contribution in [1.82, 2.24) is 10.6 Å². The number of nitrogens with zero attached hydrogens (tertiary/aromatic N) is 2. The summed E-state index contributed by atoms with van der Waals surface area (Å²) in [6.45, 7) is 12.8. The lowest BCUT2D eigenvalue weighted by Crippen LogP contribution is -2.53. The Hall–Kier alpha value is -2.69. The number of ether oxygens (including phenoxy) is 3. The third kappa shape index (κ3) is 7.40. The predicted octanol–water partition coefficient (Wildman–Crippen LogP) is 3.13. The van der Waals surface area contributed by atoms with Crippen molar-refractivity contribution in [2.75, 3.05) is 56.4 Å². The van der Waals surface area contributed by atoms with E-state index in [9.17, 15) is 14.4 Å². The van der Waals surface area contributed by atoms with E-state index in [0.717, 1.165) is 18.5 Å². The Labute approximate surface area is 244 Å². The summed E-state index contributed by atoms with van der Waals surface area (Å²) in [6, 6.07) is 5.73. The highest BCUT2D eigenvalue weighted by Gasteiger charge is 2.43. The molecule has 0 aromatic heterocycles. The van der Waals surface area contributed by atoms with Crippen LogP contribution in [0.25, 0.3) is 0 Å². The molecule has 10 nitrogen and oxygen atoms in total. The lowest BCUT2D eigenvalue weighted by atomic mass is 9.88. The van der Waals surface area contributed by atoms with Crippen molar-refractivity contribution >= 4 is 29.1 Å². The Morgan fingerprint density at radius 1 is 1.22 bits per heavy atom. The summed E-state index contributed by atoms with van der Waals surface area (Å²) in [4.78, 5) is 44.2. The van der Waals surface area contributed by atoms with E-state index >= 15 is 0 Å². The zero-order chi connectivity index (χ0) is 29.7. The van der Waals surface area contributed by atoms with Gasteiger partial charge < -0.3 is 34.6 Å². The molecule has 2 N–H and O–H groups in total. The third-order valence-electron chi connectivity index (χ3n) is 8.22. The number of piperidine rings is 1. The van der Waals surface area contributed by atoms with Crippen LogP contribution in [0.2, 0.25) is 0 Å². The van der Waals surface area contributed by atoms with Crippen molar-refractivity contribution in [1.29, 1.82) is 0 Å². The molecule has 3 amide bonds. The van der Waals surface area contributed by atoms with Gasteiger partial charge in [-0.2, -0.15) is 0 Å². The van der Waals surface area contributed by atoms with E-state index in [2.05, 4.69) is 24.5 Å². The Balaban J connectivity index is 1.52. The maximum atomic E-state index is 14.1. The largest absolute Gasteiger partial charge is 0.476 e. The molecule has 0 bridgehead atoms. The van der Waals surface area contributed by atoms with Crippen LogP contribution < -0.4 is 25.2 Å². The summed E-state index contributed by atoms with van der Waals surface area (Å²) >= 11 is 0. The van der Waals surface area contributed by atoms with Crippen molar-refractivity contribution in [3.05, 3.63) is 18.2 Å². The minimum absolute atomic E-state index is 0.0153. The van der Waals surface area contributed by atoms with Gasteiger partial charge in [-0.15, -0.1) is 0 Å². The first-order valence-corrected chi connectivity index (χ1v) is 15.1. The number of carbonyl (C=O) groups excluding carboxylic acids is 3. The van der Waals surface area contributed by atoms with Crippen molar-refractivity contribution < 1.29 is 28.6 Å². The zero-order valence-electron chi connectivity index (χ0n) is 25.5. The molecule has 3 atom stereocenters. The van der Waals surface area contributed by atoms with E-state index in [-0.39, 0.29) is 47.6 Å². The van der Waals surface area contributed by atoms with Gasteiger partial charge in [-0.25, -0.2) is 0 Å². The van der Waals surface area contributed by atoms with Crippen LogP contribution in [0.5, 0.6) is 5.75 Å². The molecule has 228 valence electrons. The van der Waals surface area contributed by atoms with Crippen LogP contribution in [0.15, 0.2) is 18.2 Å². The van der Waals surface area contributed by atoms with Gasteiger partial charge in [0, 0.05) is 51.7 Å². The first-order chi connectivity index (χ1) is 19.6. The maximum absolute atomic E-state index is 14.1. The summed E-state index contributed by atoms with van der Waals surface area (Å²) in [5.41, 5.74) is 0.454. The molecule has 1 aromatic carbocycles. The molecule has 0 radical (unpaired) electrons. The van der Waals surface area contributed by atoms with Crippen molar-refractivity contribution in [3.63, 3.8) is 0 Å². The molecule has 0 unspecified atom stereocenters. The fourth-order valence-electron chi connectivity index (χ4n) is 5.62. The monoisotopic (exact) mass is 572 g/mol. The fraction of sp³-hybridized carbons (Fsp3) is 0.710. The van der Waals surface area contributed by atoms with E-state index in [1.165, 1.54) is 0 Å². The number of rotatable bonds is 13. The molecule has 3 aliphatic rings. The number of nitrogens with one attached hydrogen (secondary N) is 2. The van der Waals surface area contributed by atoms with E-state index in [1.807, 2.05) is 30.0 Å². The fourth-order valence-corrected chi connectivity index (χ4v) is 5.62. The van der Waals surface area contributed by atoms with Gasteiger partial charge in [-0.1, -0.05) is 13.8 Å². The first kappa shape index (κ1) is 31.3. The first-order valence-electron chi connectivity index (χ1n) is 15.1. The molecule has 4 rings (SSSR count). The van der Waals surface area contributed by atoms with Crippen LogP contribution in [0.1, 0.15) is 60.3 Å². The Morgan fingerprint density at radius 2 is 1.95 bits per heavy atom. The maximum Gasteiger partial charge on any atom is 0.270 e. The summed E-state index contributed by atoms with van der Waals surface area (Å²) in [5.74, 6) is 0.111. The molecule has 1 saturated carbocycles. The highest BCUT2D eigenvalue weighted by Crippen LogP contribution is 2.43. The molecule has 1 aromatic rings. The Morgan fingerprint density at radius 3 is 2.61 bits per heavy atom. The molecular weight excluding hydrogens is 524 g/mol. The van der Waals surface area contributed by atoms with Gasteiger partial charge >= 0.3 is 0 Å². The topological polar surface area (TPSA) is 109 Å². The Bertz CT molecular complexity index is 1090. The van der Waals surface area contributed by atoms with Gasteiger partial charge in [0.05, 0.1) is 30.2 Å². The second-order valence-electron chi connectivity index (χ2n) is 12.3. The van der Waals surface area contributed by atoms with E-state index in [1.54, 1.807) is 25.9 Å². The van der Waals surface area contributed by atoms with Gasteiger partial charge in [0.2, 0.25) is 11.8 Å². The number of amides is 3. The lowest BCUT2D eigenvalue weighted by molar-refractivity contribution is -0.132. The summed E-state index contributed by atoms with van der Waals surface area (Å²) < 4.78 is 16.9. The van der Waals surface area contributed by atoms with Crippen LogP contribution >= 0.6 is 0 Å². The highest BCUT2D eigenvalue weighted by atomic mass is 16.5. The zero-order valence-corrected chi connectivity index (χ0v) is 25.5. The molecule has 1 saturated heterocycles. The quantitative estimate of drug-likeness (QED) is 0.350. The number of fused-ring (bicyclic) bond motifs is 1. The standard InChI is InChI=1S/C31H48N4O6/c1-7-40-19-25(20(2)3)33-28(36)21-15-22(18-32-17-21)29(37)35(23-9-10-23)24-11-12-27-26(16-24)34(13-8-14-39-6)30(38)31(4,5)41-27/h11-12,16,20-23,25,32H,7-10,13-15,17-19H2,1-6H3,(H,33,36)/t21-,22+,25-/m0/s1. The third-order valence-corrected chi connectivity index (χ3v) is 8.22. The second-order valence-corrected chi connectivity index (χ2v) is 12.3. The van der Waals surface area contributed by atoms with Gasteiger partial charge in [0.25, 0.3) is 5.91 Å². The highest BCUT2D eigenvalue weighted by molar-refractivity contribution is 6.04. The predicted molar refractivity (Wildman–Crippen MR) is 158 cm³/mol. The molecule has 41 heavy (non-hydrogen) atoms. The van der Waals surface area contributed by atoms with Crippen LogP contribution in [-0.2, 0) is 23.9 Å². The second kappa shape index (κ2) is 13.5. The lowest BCUT2D eigenvalue weighted by Gasteiger charge is -2.40. The van der Waals surface area contributed by atoms with Crippen molar-refractivity contribution in [2.45, 2.75) is 78.0 Å². The van der Waals surface area contributed by atoms with Crippen LogP contribution in [-0.4, -0.2) is 82.0 Å². The van der Waals surface area contributed by atoms with Gasteiger partial charge in [0.15, 0.2) is 5.60 Å². The molecule has 2 aliphatic heterocycles. The number of benzene rings is 1. The Kier molecular flexibility index (Phi) is 10.3. The number of methoxy groups -OCH3 is 1. The van der Waals surface area contributed by atoms with E-state index in [0.29, 0.717) is 63.7 Å². The number of carbonyl (C=O) groups is 3. The average molecular weight is 573 g/mol. The number of hydrogen-bond acceptors (Lipinski definition) is 7. The van der Waals surface area contributed by atoms with Crippen molar-refractivity contribution in [2.24, 2.45) is 17.8 Å². The molecule has 1 aliphatic carbocycles. The number of anilines is 2. The smallest absolute Gasteiger partial charge is 0.270 e. The average Bonchev–Trinajstić information content (AvgIpc) is 3.78. The van der Waals surface area contributed by atoms with Crippen molar-refractivity contribution in [3.8, 4) is 5.75 Å². The van der Waals surface area contributed by atoms with Crippen LogP contribution in [0, 0.1) is 17.8 Å². The number of hydrogen-bond donors (Lipinski definition) is 2. The normalized spacial score (nSPS) is 22.6. The summed E-state index contributed by atoms with van der Waals surface area (Å²) in [6.07, 6.45) is 3.04. The summed E-state index contributed by atoms with van der Waals surface area (Å²) in [7, 11) is 1.65. The van der Waals surface area contributed by atoms with Gasteiger partial charge in [0.1, 0.15) is 5.75 Å². The molecule has 2 fully saturated rings. The van der Waals surface area contributed by atoms with Gasteiger partial charge in [-0.3, -0.25) is 14.4 Å². The minimum atomic E-state index is -0.978. The van der Waals surface area contributed by atoms with Gasteiger partial charge in [-0.05, 0) is 70.6 Å². The molecule has 10 heteroatoms. The van der Waals surface area contributed by atoms with Crippen LogP contribution in [0.4, 0.5) is 11.4 Å². The molecule has 0 spiro atoms. The molecule has 2 heterocycles. The van der Waals surface area contributed by atoms with E-state index < -0.39 is 5.60 Å². The van der Waals surface area contributed by atoms with E-state index in [4.69, 9.17) is 14.2 Å². The summed E-state index contributed by atoms with van der Waals surface area (Å²) in [5, 5.41) is 6.49. The van der Waals surface area contributed by atoms with Crippen LogP contribution in [0.3, 0.4) is 0 Å². The minimum Gasteiger partial charge on any atom is -0.476 e. The molecular formula is C31H48N4O6.